The van der Waals surface area contributed by atoms with E-state index in [0.717, 1.165) is 31.3 Å². The maximum Gasteiger partial charge on any atom is 0.410 e. The zero-order valence-corrected chi connectivity index (χ0v) is 31.8. The number of piperidine rings is 1. The molecular weight excluding hydrogens is 674 g/mol. The van der Waals surface area contributed by atoms with Crippen LogP contribution in [0.3, 0.4) is 0 Å². The monoisotopic (exact) mass is 733 g/mol. The van der Waals surface area contributed by atoms with Crippen molar-refractivity contribution in [3.63, 3.8) is 0 Å². The van der Waals surface area contributed by atoms with Crippen LogP contribution >= 0.6 is 11.8 Å². The molecule has 4 fully saturated rings. The van der Waals surface area contributed by atoms with Crippen molar-refractivity contribution in [2.45, 2.75) is 134 Å². The van der Waals surface area contributed by atoms with Gasteiger partial charge >= 0.3 is 6.09 Å². The number of rotatable bonds is 16. The molecule has 4 aliphatic rings. The Kier molecular flexibility index (Phi) is 16.0. The van der Waals surface area contributed by atoms with Gasteiger partial charge in [-0.05, 0) is 77.5 Å². The van der Waals surface area contributed by atoms with E-state index in [-0.39, 0.29) is 60.4 Å². The summed E-state index contributed by atoms with van der Waals surface area (Å²) in [6, 6.07) is -0.142. The van der Waals surface area contributed by atoms with Gasteiger partial charge in [-0.15, -0.1) is 0 Å². The van der Waals surface area contributed by atoms with E-state index in [0.29, 0.717) is 57.7 Å². The van der Waals surface area contributed by atoms with Crippen LogP contribution < -0.4 is 10.6 Å². The van der Waals surface area contributed by atoms with Crippen LogP contribution in [0.1, 0.15) is 85.5 Å². The fourth-order valence-corrected chi connectivity index (χ4v) is 7.35. The number of nitrogens with zero attached hydrogens (tertiary/aromatic N) is 1. The molecule has 0 saturated carbocycles. The zero-order valence-electron chi connectivity index (χ0n) is 31.0. The highest BCUT2D eigenvalue weighted by molar-refractivity contribution is 7.99. The number of hydrogen-bond acceptors (Lipinski definition) is 10. The number of Topliss-reactive ketones (excluding diaryl/α,β-unsaturated/α-hetero) is 1. The molecule has 3 amide bonds. The Morgan fingerprint density at radius 2 is 1.86 bits per heavy atom. The number of likely N-dealkylation sites (tertiary alicyclic amines) is 1. The molecule has 4 aliphatic heterocycles. The molecule has 51 heavy (non-hydrogen) atoms. The van der Waals surface area contributed by atoms with E-state index in [4.69, 9.17) is 18.9 Å². The minimum atomic E-state index is -0.818. The molecule has 0 aromatic rings. The molecule has 4 rings (SSSR count). The van der Waals surface area contributed by atoms with E-state index in [1.165, 1.54) is 17.8 Å². The summed E-state index contributed by atoms with van der Waals surface area (Å²) < 4.78 is 23.7. The minimum absolute atomic E-state index is 0.0184. The van der Waals surface area contributed by atoms with Crippen molar-refractivity contribution in [2.75, 3.05) is 38.2 Å². The van der Waals surface area contributed by atoms with Gasteiger partial charge in [0.05, 0.1) is 36.7 Å². The normalized spacial score (nSPS) is 31.8. The molecule has 286 valence electrons. The summed E-state index contributed by atoms with van der Waals surface area (Å²) in [7, 11) is 0. The predicted octanol–water partition coefficient (Wildman–Crippen LogP) is 4.25. The average molecular weight is 734 g/mol. The van der Waals surface area contributed by atoms with Gasteiger partial charge in [0.25, 0.3) is 0 Å². The SMILES string of the molecule is CSCC(=O)NCCCC(=O)C[C@@H]1C[C@@]2(CO2)[C@H](O)[C@@H](/C=C/C(C)=C/C[C@@H]2O[C@H](C)[C@H](NC(=O)/C=C\[C@H](C)OC(=O)N3CCCCC3)C[C@@H]2C)O1. The molecule has 3 N–H and O–H groups in total. The number of allylic oxidation sites excluding steroid dienone is 2. The number of amides is 3. The summed E-state index contributed by atoms with van der Waals surface area (Å²) in [5.74, 6) is 0.410. The van der Waals surface area contributed by atoms with Crippen molar-refractivity contribution >= 4 is 35.5 Å². The van der Waals surface area contributed by atoms with Crippen LogP contribution in [0.2, 0.25) is 0 Å². The maximum atomic E-state index is 12.7. The summed E-state index contributed by atoms with van der Waals surface area (Å²) in [4.78, 5) is 51.1. The van der Waals surface area contributed by atoms with Crippen LogP contribution in [0.5, 0.6) is 0 Å². The Morgan fingerprint density at radius 1 is 1.12 bits per heavy atom. The Bertz CT molecular complexity index is 1280. The Labute approximate surface area is 307 Å². The highest BCUT2D eigenvalue weighted by Gasteiger charge is 2.58. The van der Waals surface area contributed by atoms with E-state index >= 15 is 0 Å². The number of thioether (sulfide) groups is 1. The van der Waals surface area contributed by atoms with Gasteiger partial charge in [0.1, 0.15) is 29.7 Å². The van der Waals surface area contributed by atoms with Crippen molar-refractivity contribution in [2.24, 2.45) is 5.92 Å². The number of carbonyl (C=O) groups excluding carboxylic acids is 4. The molecule has 0 unspecified atom stereocenters. The molecule has 4 saturated heterocycles. The van der Waals surface area contributed by atoms with Gasteiger partial charge < -0.3 is 39.6 Å². The van der Waals surface area contributed by atoms with E-state index in [1.807, 2.05) is 32.3 Å². The van der Waals surface area contributed by atoms with Crippen molar-refractivity contribution in [1.29, 1.82) is 0 Å². The topological polar surface area (TPSA) is 156 Å². The first-order valence-electron chi connectivity index (χ1n) is 18.6. The highest BCUT2D eigenvalue weighted by Crippen LogP contribution is 2.43. The second-order valence-corrected chi connectivity index (χ2v) is 15.5. The van der Waals surface area contributed by atoms with Gasteiger partial charge in [-0.25, -0.2) is 4.79 Å². The molecule has 0 aliphatic carbocycles. The fraction of sp³-hybridized carbons (Fsp3) is 0.737. The lowest BCUT2D eigenvalue weighted by Crippen LogP contribution is -2.50. The summed E-state index contributed by atoms with van der Waals surface area (Å²) in [5.41, 5.74) is 0.334. The average Bonchev–Trinajstić information content (AvgIpc) is 3.87. The first-order chi connectivity index (χ1) is 24.4. The lowest BCUT2D eigenvalue weighted by Gasteiger charge is -2.39. The van der Waals surface area contributed by atoms with Crippen LogP contribution in [0.15, 0.2) is 36.0 Å². The molecular formula is C38H59N3O9S. The zero-order chi connectivity index (χ0) is 37.0. The summed E-state index contributed by atoms with van der Waals surface area (Å²) in [5, 5.41) is 16.9. The van der Waals surface area contributed by atoms with Crippen LogP contribution in [0.25, 0.3) is 0 Å². The van der Waals surface area contributed by atoms with Crippen molar-refractivity contribution in [1.82, 2.24) is 15.5 Å². The number of hydrogen-bond donors (Lipinski definition) is 3. The lowest BCUT2D eigenvalue weighted by atomic mass is 9.86. The second-order valence-electron chi connectivity index (χ2n) is 14.6. The summed E-state index contributed by atoms with van der Waals surface area (Å²) in [6.45, 7) is 10.2. The molecule has 13 heteroatoms. The van der Waals surface area contributed by atoms with Gasteiger partial charge in [0.15, 0.2) is 0 Å². The molecule has 12 nitrogen and oxygen atoms in total. The van der Waals surface area contributed by atoms with Gasteiger partial charge in [0, 0.05) is 45.0 Å². The van der Waals surface area contributed by atoms with Crippen LogP contribution in [0, 0.1) is 5.92 Å². The fourth-order valence-electron chi connectivity index (χ4n) is 6.99. The molecule has 0 radical (unpaired) electrons. The Morgan fingerprint density at radius 3 is 2.57 bits per heavy atom. The third-order valence-corrected chi connectivity index (χ3v) is 10.7. The predicted molar refractivity (Wildman–Crippen MR) is 196 cm³/mol. The van der Waals surface area contributed by atoms with E-state index < -0.39 is 23.9 Å². The number of ether oxygens (including phenoxy) is 4. The number of epoxide rings is 1. The van der Waals surface area contributed by atoms with Crippen LogP contribution in [-0.4, -0.2) is 120 Å². The van der Waals surface area contributed by atoms with Gasteiger partial charge in [-0.3, -0.25) is 14.4 Å². The molecule has 4 heterocycles. The lowest BCUT2D eigenvalue weighted by molar-refractivity contribution is -0.144. The first-order valence-corrected chi connectivity index (χ1v) is 20.0. The molecule has 1 spiro atoms. The van der Waals surface area contributed by atoms with E-state index in [9.17, 15) is 24.3 Å². The van der Waals surface area contributed by atoms with E-state index in [1.54, 1.807) is 17.9 Å². The van der Waals surface area contributed by atoms with Crippen molar-refractivity contribution < 1.29 is 43.2 Å². The maximum absolute atomic E-state index is 12.7. The third-order valence-electron chi connectivity index (χ3n) is 10.2. The van der Waals surface area contributed by atoms with Gasteiger partial charge in [-0.1, -0.05) is 30.7 Å². The van der Waals surface area contributed by atoms with Gasteiger partial charge in [0.2, 0.25) is 11.8 Å². The van der Waals surface area contributed by atoms with Crippen molar-refractivity contribution in [3.05, 3.63) is 36.0 Å². The number of nitrogens with one attached hydrogen (secondary N) is 2. The smallest absolute Gasteiger partial charge is 0.410 e. The molecule has 0 bridgehead atoms. The van der Waals surface area contributed by atoms with Crippen LogP contribution in [-0.2, 0) is 33.3 Å². The highest BCUT2D eigenvalue weighted by atomic mass is 32.2. The molecule has 9 atom stereocenters. The van der Waals surface area contributed by atoms with Gasteiger partial charge in [-0.2, -0.15) is 11.8 Å². The van der Waals surface area contributed by atoms with E-state index in [2.05, 4.69) is 23.6 Å². The summed E-state index contributed by atoms with van der Waals surface area (Å²) in [6.07, 6.45) is 14.2. The quantitative estimate of drug-likeness (QED) is 0.0908. The number of aliphatic hydroxyl groups excluding tert-OH is 1. The molecule has 0 aromatic carbocycles. The number of aliphatic hydroxyl groups is 1. The Balaban J connectivity index is 1.19. The van der Waals surface area contributed by atoms with Crippen molar-refractivity contribution in [3.8, 4) is 0 Å². The summed E-state index contributed by atoms with van der Waals surface area (Å²) >= 11 is 1.46. The standard InChI is InChI=1S/C38H59N3O9S/c1-25(12-15-33-36(45)38(24-47-38)22-30(50-33)21-29(42)10-9-17-39-35(44)23-51-5)11-14-32-26(2)20-31(28(4)49-32)40-34(43)16-13-27(3)48-37(46)41-18-7-6-8-19-41/h11-13,15-16,26-28,30-33,36,45H,6-10,14,17-24H2,1-5H3,(H,39,44)(H,40,43)/b15-12+,16-13-,25-11+/t26-,27-,28+,30+,31+,32-,33+,36+,38+/m0/s1. The third kappa shape index (κ3) is 13.0. The number of carbonyl (C=O) groups is 4. The largest absolute Gasteiger partial charge is 0.442 e. The van der Waals surface area contributed by atoms with Crippen LogP contribution in [0.4, 0.5) is 4.79 Å². The second kappa shape index (κ2) is 19.9. The Hall–Kier alpha value is -2.71. The minimum Gasteiger partial charge on any atom is -0.442 e. The first kappa shape index (κ1) is 41.1. The number of ketones is 1. The molecule has 0 aromatic heterocycles.